The van der Waals surface area contributed by atoms with Gasteiger partial charge in [-0.1, -0.05) is 26.0 Å². The molecule has 296 valence electrons. The minimum Gasteiger partial charge on any atom is -0.431 e. The van der Waals surface area contributed by atoms with Crippen LogP contribution in [-0.2, 0) is 9.59 Å². The second-order valence-corrected chi connectivity index (χ2v) is 19.5. The highest BCUT2D eigenvalue weighted by molar-refractivity contribution is 6.03. The number of amides is 2. The smallest absolute Gasteiger partial charge is 0.343 e. The maximum atomic E-state index is 13.1. The van der Waals surface area contributed by atoms with Gasteiger partial charge in [0.15, 0.2) is 0 Å². The number of aromatic nitrogens is 1. The van der Waals surface area contributed by atoms with Crippen LogP contribution in [0.15, 0.2) is 75.0 Å². The highest BCUT2D eigenvalue weighted by Crippen LogP contribution is 2.62. The zero-order valence-corrected chi connectivity index (χ0v) is 32.9. The molecular weight excluding hydrogens is 703 g/mol. The molecule has 9 heteroatoms. The average Bonchev–Trinajstić information content (AvgIpc) is 3.12. The van der Waals surface area contributed by atoms with Crippen LogP contribution in [0.1, 0.15) is 110 Å². The molecule has 8 aliphatic carbocycles. The van der Waals surface area contributed by atoms with Crippen molar-refractivity contribution < 1.29 is 19.1 Å². The lowest BCUT2D eigenvalue weighted by molar-refractivity contribution is -0.125. The fraction of sp³-hybridized carbons (Fsp3) is 0.574. The van der Waals surface area contributed by atoms with Gasteiger partial charge in [0.2, 0.25) is 11.8 Å². The van der Waals surface area contributed by atoms with Crippen molar-refractivity contribution >= 4 is 44.7 Å². The van der Waals surface area contributed by atoms with Gasteiger partial charge in [-0.15, -0.1) is 0 Å². The number of carbonyl (C=O) groups excluding carboxylic acids is 2. The first-order valence-corrected chi connectivity index (χ1v) is 21.3. The van der Waals surface area contributed by atoms with Gasteiger partial charge in [0.25, 0.3) is 5.56 Å². The van der Waals surface area contributed by atoms with Crippen molar-refractivity contribution in [2.75, 3.05) is 17.2 Å². The van der Waals surface area contributed by atoms with E-state index in [1.54, 1.807) is 35.0 Å². The summed E-state index contributed by atoms with van der Waals surface area (Å²) in [5.74, 6) is 5.34. The number of aliphatic hydroxyl groups excluding tert-OH is 1. The number of benzene rings is 2. The topological polar surface area (TPSA) is 131 Å². The Hall–Kier alpha value is -4.24. The second kappa shape index (κ2) is 14.6. The molecule has 2 aromatic heterocycles. The van der Waals surface area contributed by atoms with E-state index in [1.165, 1.54) is 83.3 Å². The summed E-state index contributed by atoms with van der Waals surface area (Å²) in [7, 11) is 0. The van der Waals surface area contributed by atoms with Crippen LogP contribution < -0.4 is 21.8 Å². The number of fused-ring (bicyclic) bond motifs is 2. The van der Waals surface area contributed by atoms with Crippen LogP contribution in [0, 0.1) is 52.3 Å². The number of hydrogen-bond acceptors (Lipinski definition) is 6. The highest BCUT2D eigenvalue weighted by atomic mass is 16.4. The molecule has 4 aromatic rings. The van der Waals surface area contributed by atoms with Crippen LogP contribution >= 0.6 is 0 Å². The molecule has 2 aromatic carbocycles. The molecule has 8 saturated carbocycles. The molecule has 56 heavy (non-hydrogen) atoms. The van der Waals surface area contributed by atoms with Crippen LogP contribution in [-0.4, -0.2) is 28.1 Å². The minimum atomic E-state index is -0.366. The summed E-state index contributed by atoms with van der Waals surface area (Å²) in [5, 5.41) is 18.6. The molecule has 1 unspecified atom stereocenters. The number of rotatable bonds is 9. The lowest BCUT2D eigenvalue weighted by atomic mass is 9.49. The minimum absolute atomic E-state index is 0.0778. The van der Waals surface area contributed by atoms with Gasteiger partial charge in [-0.2, -0.15) is 0 Å². The quantitative estimate of drug-likeness (QED) is 0.156. The molecular formula is C47H57N3O6. The Morgan fingerprint density at radius 2 is 1.12 bits per heavy atom. The number of carbonyl (C=O) groups is 2. The van der Waals surface area contributed by atoms with Gasteiger partial charge in [-0.05, 0) is 166 Å². The molecule has 8 aliphatic rings. The zero-order chi connectivity index (χ0) is 38.8. The molecule has 1 atom stereocenters. The Bertz CT molecular complexity index is 2200. The van der Waals surface area contributed by atoms with E-state index in [1.807, 2.05) is 38.1 Å². The molecule has 8 fully saturated rings. The van der Waals surface area contributed by atoms with E-state index in [2.05, 4.69) is 10.6 Å². The standard InChI is InChI=1S/C26H34N2O3.C21H23NO3/c1-16(2)23(15-29)28-7-6-20-21(25(28)31)4-3-5-22(20)27-24(30)14-26-11-17-8-18(12-26)10-19(9-17)13-26;23-19(12-21-9-13-6-14(10-21)8-15(7-13)11-21)22-18-3-1-2-17-16(18)4-5-25-20(17)24/h3-7,16-19,23,29H,8-15H2,1-2H3,(H,27,30);1-5,13-15H,6-12H2,(H,22,23). The van der Waals surface area contributed by atoms with E-state index in [0.29, 0.717) is 35.0 Å². The summed E-state index contributed by atoms with van der Waals surface area (Å²) in [4.78, 5) is 50.9. The van der Waals surface area contributed by atoms with Crippen molar-refractivity contribution in [2.45, 2.75) is 110 Å². The molecule has 0 aliphatic heterocycles. The van der Waals surface area contributed by atoms with Crippen molar-refractivity contribution in [3.05, 3.63) is 81.8 Å². The van der Waals surface area contributed by atoms with E-state index in [4.69, 9.17) is 4.42 Å². The second-order valence-electron chi connectivity index (χ2n) is 19.5. The Morgan fingerprint density at radius 1 is 0.679 bits per heavy atom. The molecule has 2 amide bonds. The van der Waals surface area contributed by atoms with Crippen LogP contribution in [0.4, 0.5) is 11.4 Å². The van der Waals surface area contributed by atoms with E-state index >= 15 is 0 Å². The third-order valence-electron chi connectivity index (χ3n) is 15.0. The number of aliphatic hydroxyl groups is 1. The molecule has 0 spiro atoms. The first-order valence-electron chi connectivity index (χ1n) is 21.3. The largest absolute Gasteiger partial charge is 0.431 e. The maximum Gasteiger partial charge on any atom is 0.343 e. The fourth-order valence-corrected chi connectivity index (χ4v) is 13.6. The van der Waals surface area contributed by atoms with Gasteiger partial charge in [0.1, 0.15) is 0 Å². The van der Waals surface area contributed by atoms with Crippen molar-refractivity contribution in [2.24, 2.45) is 52.3 Å². The summed E-state index contributed by atoms with van der Waals surface area (Å²) < 4.78 is 6.54. The van der Waals surface area contributed by atoms with Gasteiger partial charge < -0.3 is 24.7 Å². The third kappa shape index (κ3) is 7.14. The zero-order valence-electron chi connectivity index (χ0n) is 32.9. The number of pyridine rings is 1. The summed E-state index contributed by atoms with van der Waals surface area (Å²) in [6.07, 6.45) is 20.0. The number of anilines is 2. The van der Waals surface area contributed by atoms with Crippen molar-refractivity contribution in [1.29, 1.82) is 0 Å². The lowest BCUT2D eigenvalue weighted by Crippen LogP contribution is -2.47. The van der Waals surface area contributed by atoms with Crippen LogP contribution in [0.5, 0.6) is 0 Å². The molecule has 0 saturated heterocycles. The van der Waals surface area contributed by atoms with Gasteiger partial charge in [0.05, 0.1) is 24.3 Å². The van der Waals surface area contributed by atoms with E-state index in [-0.39, 0.29) is 52.4 Å². The predicted molar refractivity (Wildman–Crippen MR) is 219 cm³/mol. The van der Waals surface area contributed by atoms with E-state index in [9.17, 15) is 24.3 Å². The first kappa shape index (κ1) is 37.3. The van der Waals surface area contributed by atoms with Crippen molar-refractivity contribution in [3.8, 4) is 0 Å². The Morgan fingerprint density at radius 3 is 1.57 bits per heavy atom. The van der Waals surface area contributed by atoms with Crippen molar-refractivity contribution in [1.82, 2.24) is 4.57 Å². The SMILES string of the molecule is CC(C)C(CO)n1ccc2c(NC(=O)CC34CC5CC(CC(C5)C3)C4)cccc2c1=O.O=C(CC12CC3CC(CC(C3)C1)C2)Nc1cccc2c(=O)occc12. The summed E-state index contributed by atoms with van der Waals surface area (Å²) in [6.45, 7) is 3.92. The monoisotopic (exact) mass is 759 g/mol. The van der Waals surface area contributed by atoms with Crippen LogP contribution in [0.25, 0.3) is 21.5 Å². The van der Waals surface area contributed by atoms with Gasteiger partial charge in [0, 0.05) is 46.6 Å². The summed E-state index contributed by atoms with van der Waals surface area (Å²) in [6, 6.07) is 14.3. The molecule has 8 bridgehead atoms. The number of nitrogens with zero attached hydrogens (tertiary/aromatic N) is 1. The molecule has 0 radical (unpaired) electrons. The summed E-state index contributed by atoms with van der Waals surface area (Å²) >= 11 is 0. The normalized spacial score (nSPS) is 31.4. The van der Waals surface area contributed by atoms with Gasteiger partial charge >= 0.3 is 5.63 Å². The Labute approximate surface area is 328 Å². The van der Waals surface area contributed by atoms with E-state index < -0.39 is 0 Å². The van der Waals surface area contributed by atoms with Crippen LogP contribution in [0.2, 0.25) is 0 Å². The fourth-order valence-electron chi connectivity index (χ4n) is 13.6. The first-order chi connectivity index (χ1) is 27.0. The van der Waals surface area contributed by atoms with Gasteiger partial charge in [-0.3, -0.25) is 14.4 Å². The number of nitrogens with one attached hydrogen (secondary N) is 2. The van der Waals surface area contributed by atoms with Crippen molar-refractivity contribution in [3.63, 3.8) is 0 Å². The van der Waals surface area contributed by atoms with Crippen LogP contribution in [0.3, 0.4) is 0 Å². The maximum absolute atomic E-state index is 13.1. The van der Waals surface area contributed by atoms with E-state index in [0.717, 1.165) is 46.3 Å². The Kier molecular flexibility index (Phi) is 9.74. The third-order valence-corrected chi connectivity index (χ3v) is 15.0. The number of hydrogen-bond donors (Lipinski definition) is 3. The molecule has 2 heterocycles. The Balaban J connectivity index is 0.000000149. The summed E-state index contributed by atoms with van der Waals surface area (Å²) in [5.41, 5.74) is 1.35. The highest BCUT2D eigenvalue weighted by Gasteiger charge is 2.52. The molecule has 9 nitrogen and oxygen atoms in total. The molecule has 12 rings (SSSR count). The lowest BCUT2D eigenvalue weighted by Gasteiger charge is -2.56. The van der Waals surface area contributed by atoms with Gasteiger partial charge in [-0.25, -0.2) is 4.79 Å². The average molecular weight is 760 g/mol. The molecule has 3 N–H and O–H groups in total. The predicted octanol–water partition coefficient (Wildman–Crippen LogP) is 9.07.